The second-order valence-corrected chi connectivity index (χ2v) is 6.01. The predicted molar refractivity (Wildman–Crippen MR) is 66.5 cm³/mol. The van der Waals surface area contributed by atoms with E-state index in [0.717, 1.165) is 0 Å². The number of rotatable bonds is 5. The maximum absolute atomic E-state index is 9.58. The summed E-state index contributed by atoms with van der Waals surface area (Å²) < 4.78 is 4.91. The third kappa shape index (κ3) is 4.40. The molecule has 0 aromatic rings. The lowest BCUT2D eigenvalue weighted by Crippen LogP contribution is -2.45. The molecule has 2 N–H and O–H groups in total. The van der Waals surface area contributed by atoms with Gasteiger partial charge in [0.1, 0.15) is 0 Å². The summed E-state index contributed by atoms with van der Waals surface area (Å²) in [5, 5.41) is 13.0. The molecular weight excluding hydrogens is 202 g/mol. The molecule has 1 aliphatic carbocycles. The first-order chi connectivity index (χ1) is 7.44. The molecule has 0 bridgehead atoms. The molecule has 0 aromatic heterocycles. The van der Waals surface area contributed by atoms with Gasteiger partial charge in [-0.3, -0.25) is 0 Å². The van der Waals surface area contributed by atoms with Gasteiger partial charge in [-0.1, -0.05) is 20.8 Å². The Morgan fingerprint density at radius 2 is 2.19 bits per heavy atom. The molecule has 0 aliphatic heterocycles. The SMILES string of the molecule is COCC(O)CNC1CCC(C)(C)CC1C. The Morgan fingerprint density at radius 1 is 1.50 bits per heavy atom. The second-order valence-electron chi connectivity index (χ2n) is 6.01. The van der Waals surface area contributed by atoms with E-state index in [9.17, 15) is 5.11 Å². The summed E-state index contributed by atoms with van der Waals surface area (Å²) in [7, 11) is 1.62. The Hall–Kier alpha value is -0.120. The fraction of sp³-hybridized carbons (Fsp3) is 1.00. The van der Waals surface area contributed by atoms with Crippen molar-refractivity contribution >= 4 is 0 Å². The maximum atomic E-state index is 9.58. The highest BCUT2D eigenvalue weighted by atomic mass is 16.5. The predicted octanol–water partition coefficient (Wildman–Crippen LogP) is 1.80. The van der Waals surface area contributed by atoms with Crippen LogP contribution in [0.25, 0.3) is 0 Å². The highest BCUT2D eigenvalue weighted by molar-refractivity contribution is 4.87. The average Bonchev–Trinajstić information content (AvgIpc) is 2.15. The molecule has 3 unspecified atom stereocenters. The summed E-state index contributed by atoms with van der Waals surface area (Å²) in [6, 6.07) is 0.555. The Bertz CT molecular complexity index is 206. The number of aliphatic hydroxyl groups excluding tert-OH is 1. The van der Waals surface area contributed by atoms with Crippen LogP contribution in [0.2, 0.25) is 0 Å². The first-order valence-corrected chi connectivity index (χ1v) is 6.35. The van der Waals surface area contributed by atoms with E-state index in [1.165, 1.54) is 19.3 Å². The van der Waals surface area contributed by atoms with E-state index in [2.05, 4.69) is 26.1 Å². The van der Waals surface area contributed by atoms with Crippen molar-refractivity contribution in [3.05, 3.63) is 0 Å². The zero-order valence-corrected chi connectivity index (χ0v) is 11.1. The molecule has 3 atom stereocenters. The van der Waals surface area contributed by atoms with Crippen LogP contribution in [-0.4, -0.2) is 37.5 Å². The number of nitrogens with one attached hydrogen (secondary N) is 1. The van der Waals surface area contributed by atoms with Crippen LogP contribution in [0.1, 0.15) is 40.0 Å². The molecule has 0 spiro atoms. The van der Waals surface area contributed by atoms with E-state index < -0.39 is 0 Å². The summed E-state index contributed by atoms with van der Waals surface area (Å²) in [5.74, 6) is 0.693. The van der Waals surface area contributed by atoms with Gasteiger partial charge in [0.25, 0.3) is 0 Å². The zero-order valence-electron chi connectivity index (χ0n) is 11.1. The number of hydrogen-bond acceptors (Lipinski definition) is 3. The van der Waals surface area contributed by atoms with Gasteiger partial charge in [0.15, 0.2) is 0 Å². The fourth-order valence-electron chi connectivity index (χ4n) is 2.79. The monoisotopic (exact) mass is 229 g/mol. The van der Waals surface area contributed by atoms with E-state index >= 15 is 0 Å². The van der Waals surface area contributed by atoms with E-state index in [0.29, 0.717) is 30.5 Å². The normalized spacial score (nSPS) is 31.3. The molecule has 16 heavy (non-hydrogen) atoms. The van der Waals surface area contributed by atoms with Crippen LogP contribution in [-0.2, 0) is 4.74 Å². The lowest BCUT2D eigenvalue weighted by atomic mass is 9.70. The minimum absolute atomic E-state index is 0.382. The third-order valence-corrected chi connectivity index (χ3v) is 3.67. The highest BCUT2D eigenvalue weighted by Crippen LogP contribution is 2.38. The Labute approximate surface area is 99.6 Å². The van der Waals surface area contributed by atoms with Gasteiger partial charge in [-0.15, -0.1) is 0 Å². The summed E-state index contributed by atoms with van der Waals surface area (Å²) in [6.45, 7) is 8.06. The van der Waals surface area contributed by atoms with Crippen LogP contribution in [0.15, 0.2) is 0 Å². The zero-order chi connectivity index (χ0) is 12.2. The minimum Gasteiger partial charge on any atom is -0.389 e. The quantitative estimate of drug-likeness (QED) is 0.755. The summed E-state index contributed by atoms with van der Waals surface area (Å²) in [4.78, 5) is 0. The summed E-state index contributed by atoms with van der Waals surface area (Å²) >= 11 is 0. The molecule has 3 heteroatoms. The summed E-state index contributed by atoms with van der Waals surface area (Å²) in [6.07, 6.45) is 3.38. The lowest BCUT2D eigenvalue weighted by Gasteiger charge is -2.40. The van der Waals surface area contributed by atoms with Crippen LogP contribution < -0.4 is 5.32 Å². The van der Waals surface area contributed by atoms with E-state index in [-0.39, 0.29) is 6.10 Å². The standard InChI is InChI=1S/C13H27NO2/c1-10-7-13(2,3)6-5-12(10)14-8-11(15)9-16-4/h10-12,14-15H,5-9H2,1-4H3. The second kappa shape index (κ2) is 5.99. The Morgan fingerprint density at radius 3 is 2.75 bits per heavy atom. The molecule has 3 nitrogen and oxygen atoms in total. The van der Waals surface area contributed by atoms with Crippen molar-refractivity contribution in [3.8, 4) is 0 Å². The van der Waals surface area contributed by atoms with Crippen molar-refractivity contribution in [1.82, 2.24) is 5.32 Å². The largest absolute Gasteiger partial charge is 0.389 e. The van der Waals surface area contributed by atoms with Gasteiger partial charge in [-0.05, 0) is 30.6 Å². The van der Waals surface area contributed by atoms with Crippen molar-refractivity contribution in [3.63, 3.8) is 0 Å². The van der Waals surface area contributed by atoms with Crippen molar-refractivity contribution in [1.29, 1.82) is 0 Å². The highest BCUT2D eigenvalue weighted by Gasteiger charge is 2.32. The summed E-state index contributed by atoms with van der Waals surface area (Å²) in [5.41, 5.74) is 0.489. The third-order valence-electron chi connectivity index (χ3n) is 3.67. The van der Waals surface area contributed by atoms with Gasteiger partial charge >= 0.3 is 0 Å². The number of ether oxygens (including phenoxy) is 1. The topological polar surface area (TPSA) is 41.5 Å². The van der Waals surface area contributed by atoms with E-state index in [4.69, 9.17) is 4.74 Å². The van der Waals surface area contributed by atoms with E-state index in [1.54, 1.807) is 7.11 Å². The van der Waals surface area contributed by atoms with Gasteiger partial charge in [0.05, 0.1) is 12.7 Å². The van der Waals surface area contributed by atoms with Gasteiger partial charge in [-0.25, -0.2) is 0 Å². The van der Waals surface area contributed by atoms with Crippen molar-refractivity contribution in [2.24, 2.45) is 11.3 Å². The van der Waals surface area contributed by atoms with Crippen LogP contribution in [0, 0.1) is 11.3 Å². The fourth-order valence-corrected chi connectivity index (χ4v) is 2.79. The van der Waals surface area contributed by atoms with Gasteiger partial charge < -0.3 is 15.2 Å². The molecule has 0 radical (unpaired) electrons. The van der Waals surface area contributed by atoms with Gasteiger partial charge in [-0.2, -0.15) is 0 Å². The molecule has 96 valence electrons. The molecule has 1 saturated carbocycles. The van der Waals surface area contributed by atoms with Crippen molar-refractivity contribution < 1.29 is 9.84 Å². The molecule has 0 heterocycles. The molecular formula is C13H27NO2. The first-order valence-electron chi connectivity index (χ1n) is 6.35. The molecule has 1 aliphatic rings. The number of methoxy groups -OCH3 is 1. The van der Waals surface area contributed by atoms with Gasteiger partial charge in [0, 0.05) is 19.7 Å². The Kier molecular flexibility index (Phi) is 5.22. The van der Waals surface area contributed by atoms with Crippen LogP contribution in [0.4, 0.5) is 0 Å². The average molecular weight is 229 g/mol. The number of aliphatic hydroxyl groups is 1. The van der Waals surface area contributed by atoms with Crippen molar-refractivity contribution in [2.75, 3.05) is 20.3 Å². The van der Waals surface area contributed by atoms with Crippen LogP contribution in [0.3, 0.4) is 0 Å². The minimum atomic E-state index is -0.382. The maximum Gasteiger partial charge on any atom is 0.0897 e. The molecule has 0 amide bonds. The first kappa shape index (κ1) is 13.9. The molecule has 0 saturated heterocycles. The molecule has 0 aromatic carbocycles. The Balaban J connectivity index is 2.28. The number of hydrogen-bond donors (Lipinski definition) is 2. The lowest BCUT2D eigenvalue weighted by molar-refractivity contribution is 0.0563. The molecule has 1 rings (SSSR count). The molecule has 1 fully saturated rings. The van der Waals surface area contributed by atoms with Crippen molar-refractivity contribution in [2.45, 2.75) is 52.2 Å². The van der Waals surface area contributed by atoms with Crippen LogP contribution in [0.5, 0.6) is 0 Å². The smallest absolute Gasteiger partial charge is 0.0897 e. The van der Waals surface area contributed by atoms with E-state index in [1.807, 2.05) is 0 Å². The van der Waals surface area contributed by atoms with Crippen LogP contribution >= 0.6 is 0 Å². The van der Waals surface area contributed by atoms with Gasteiger partial charge in [0.2, 0.25) is 0 Å².